The summed E-state index contributed by atoms with van der Waals surface area (Å²) in [5.74, 6) is 0.638. The SMILES string of the molecule is N#Cc1nccnc1N1CCCC(C=O)C1. The van der Waals surface area contributed by atoms with Crippen LogP contribution in [0.4, 0.5) is 5.82 Å². The number of nitrogens with zero attached hydrogens (tertiary/aromatic N) is 4. The summed E-state index contributed by atoms with van der Waals surface area (Å²) in [5, 5.41) is 8.92. The van der Waals surface area contributed by atoms with Crippen LogP contribution in [0.2, 0.25) is 0 Å². The fourth-order valence-corrected chi connectivity index (χ4v) is 1.95. The third-order valence-corrected chi connectivity index (χ3v) is 2.73. The lowest BCUT2D eigenvalue weighted by molar-refractivity contribution is -0.111. The molecule has 0 saturated carbocycles. The fourth-order valence-electron chi connectivity index (χ4n) is 1.95. The maximum atomic E-state index is 10.8. The van der Waals surface area contributed by atoms with E-state index in [9.17, 15) is 4.79 Å². The molecule has 1 fully saturated rings. The molecule has 16 heavy (non-hydrogen) atoms. The third kappa shape index (κ3) is 2.01. The Labute approximate surface area is 93.7 Å². The predicted molar refractivity (Wildman–Crippen MR) is 57.7 cm³/mol. The van der Waals surface area contributed by atoms with Crippen molar-refractivity contribution in [3.8, 4) is 6.07 Å². The van der Waals surface area contributed by atoms with Gasteiger partial charge in [-0.1, -0.05) is 0 Å². The Morgan fingerprint density at radius 2 is 2.31 bits per heavy atom. The molecule has 0 radical (unpaired) electrons. The molecule has 1 unspecified atom stereocenters. The van der Waals surface area contributed by atoms with E-state index in [0.717, 1.165) is 25.7 Å². The molecule has 0 spiro atoms. The number of hydrogen-bond donors (Lipinski definition) is 0. The first-order chi connectivity index (χ1) is 7.85. The minimum absolute atomic E-state index is 0.0438. The zero-order valence-corrected chi connectivity index (χ0v) is 8.83. The summed E-state index contributed by atoms with van der Waals surface area (Å²) >= 11 is 0. The van der Waals surface area contributed by atoms with Gasteiger partial charge in [-0.3, -0.25) is 0 Å². The van der Waals surface area contributed by atoms with Gasteiger partial charge in [-0.2, -0.15) is 5.26 Å². The molecule has 1 atom stereocenters. The van der Waals surface area contributed by atoms with Gasteiger partial charge in [0.05, 0.1) is 0 Å². The molecular formula is C11H12N4O. The highest BCUT2D eigenvalue weighted by atomic mass is 16.1. The maximum Gasteiger partial charge on any atom is 0.183 e. The number of carbonyl (C=O) groups excluding carboxylic acids is 1. The van der Waals surface area contributed by atoms with E-state index in [-0.39, 0.29) is 5.92 Å². The van der Waals surface area contributed by atoms with E-state index in [4.69, 9.17) is 5.26 Å². The number of aromatic nitrogens is 2. The second kappa shape index (κ2) is 4.71. The van der Waals surface area contributed by atoms with E-state index < -0.39 is 0 Å². The van der Waals surface area contributed by atoms with E-state index in [1.165, 1.54) is 6.20 Å². The van der Waals surface area contributed by atoms with E-state index >= 15 is 0 Å². The molecule has 2 heterocycles. The van der Waals surface area contributed by atoms with Gasteiger partial charge in [-0.25, -0.2) is 9.97 Å². The van der Waals surface area contributed by atoms with Gasteiger partial charge < -0.3 is 9.69 Å². The molecular weight excluding hydrogens is 204 g/mol. The monoisotopic (exact) mass is 216 g/mol. The topological polar surface area (TPSA) is 69.9 Å². The molecule has 5 heteroatoms. The minimum atomic E-state index is 0.0438. The van der Waals surface area contributed by atoms with Gasteiger partial charge in [0.25, 0.3) is 0 Å². The average Bonchev–Trinajstić information content (AvgIpc) is 2.38. The number of hydrogen-bond acceptors (Lipinski definition) is 5. The molecule has 82 valence electrons. The molecule has 1 aromatic rings. The number of anilines is 1. The Morgan fingerprint density at radius 1 is 1.50 bits per heavy atom. The van der Waals surface area contributed by atoms with Crippen LogP contribution in [0.3, 0.4) is 0 Å². The molecule has 1 aromatic heterocycles. The first kappa shape index (κ1) is 10.6. The molecule has 0 N–H and O–H groups in total. The average molecular weight is 216 g/mol. The predicted octanol–water partition coefficient (Wildman–Crippen LogP) is 0.764. The Morgan fingerprint density at radius 3 is 3.06 bits per heavy atom. The van der Waals surface area contributed by atoms with Crippen molar-refractivity contribution in [3.63, 3.8) is 0 Å². The Balaban J connectivity index is 2.23. The van der Waals surface area contributed by atoms with Gasteiger partial charge in [0, 0.05) is 31.4 Å². The highest BCUT2D eigenvalue weighted by molar-refractivity contribution is 5.57. The number of aldehydes is 1. The lowest BCUT2D eigenvalue weighted by Gasteiger charge is -2.31. The molecule has 1 aliphatic heterocycles. The first-order valence-corrected chi connectivity index (χ1v) is 5.26. The van der Waals surface area contributed by atoms with Crippen LogP contribution in [0.25, 0.3) is 0 Å². The second-order valence-electron chi connectivity index (χ2n) is 3.82. The molecule has 0 bridgehead atoms. The smallest absolute Gasteiger partial charge is 0.183 e. The van der Waals surface area contributed by atoms with Crippen LogP contribution in [-0.4, -0.2) is 29.3 Å². The number of nitriles is 1. The van der Waals surface area contributed by atoms with E-state index in [0.29, 0.717) is 18.1 Å². The van der Waals surface area contributed by atoms with Crippen molar-refractivity contribution in [1.82, 2.24) is 9.97 Å². The highest BCUT2D eigenvalue weighted by Crippen LogP contribution is 2.21. The van der Waals surface area contributed by atoms with Crippen LogP contribution in [0.1, 0.15) is 18.5 Å². The maximum absolute atomic E-state index is 10.8. The van der Waals surface area contributed by atoms with Crippen molar-refractivity contribution < 1.29 is 4.79 Å². The van der Waals surface area contributed by atoms with Gasteiger partial charge >= 0.3 is 0 Å². The van der Waals surface area contributed by atoms with Crippen LogP contribution in [0, 0.1) is 17.2 Å². The van der Waals surface area contributed by atoms with Gasteiger partial charge in [-0.05, 0) is 12.8 Å². The first-order valence-electron chi connectivity index (χ1n) is 5.26. The van der Waals surface area contributed by atoms with Crippen LogP contribution < -0.4 is 4.90 Å². The van der Waals surface area contributed by atoms with Crippen molar-refractivity contribution in [2.24, 2.45) is 5.92 Å². The van der Waals surface area contributed by atoms with Crippen molar-refractivity contribution in [2.75, 3.05) is 18.0 Å². The fraction of sp³-hybridized carbons (Fsp3) is 0.455. The largest absolute Gasteiger partial charge is 0.353 e. The number of rotatable bonds is 2. The van der Waals surface area contributed by atoms with Gasteiger partial charge in [0.2, 0.25) is 0 Å². The summed E-state index contributed by atoms with van der Waals surface area (Å²) < 4.78 is 0. The third-order valence-electron chi connectivity index (χ3n) is 2.73. The van der Waals surface area contributed by atoms with Crippen LogP contribution in [0.15, 0.2) is 12.4 Å². The number of carbonyl (C=O) groups is 1. The quantitative estimate of drug-likeness (QED) is 0.683. The standard InChI is InChI=1S/C11H12N4O/c12-6-10-11(14-4-3-13-10)15-5-1-2-9(7-15)8-16/h3-4,8-9H,1-2,5,7H2. The summed E-state index contributed by atoms with van der Waals surface area (Å²) in [6, 6.07) is 2.02. The summed E-state index contributed by atoms with van der Waals surface area (Å²) in [6.45, 7) is 1.47. The van der Waals surface area contributed by atoms with Gasteiger partial charge in [0.15, 0.2) is 11.5 Å². The van der Waals surface area contributed by atoms with E-state index in [1.807, 2.05) is 11.0 Å². The van der Waals surface area contributed by atoms with Gasteiger partial charge in [-0.15, -0.1) is 0 Å². The van der Waals surface area contributed by atoms with Crippen LogP contribution in [0.5, 0.6) is 0 Å². The molecule has 1 aliphatic rings. The van der Waals surface area contributed by atoms with Crippen molar-refractivity contribution >= 4 is 12.1 Å². The zero-order valence-electron chi connectivity index (χ0n) is 8.83. The Bertz CT molecular complexity index is 426. The summed E-state index contributed by atoms with van der Waals surface area (Å²) in [6.07, 6.45) is 5.92. The van der Waals surface area contributed by atoms with E-state index in [1.54, 1.807) is 6.20 Å². The lowest BCUT2D eigenvalue weighted by atomic mass is 10.00. The Kier molecular flexibility index (Phi) is 3.10. The molecule has 0 amide bonds. The second-order valence-corrected chi connectivity index (χ2v) is 3.82. The lowest BCUT2D eigenvalue weighted by Crippen LogP contribution is -2.37. The molecule has 5 nitrogen and oxygen atoms in total. The normalized spacial score (nSPS) is 20.2. The van der Waals surface area contributed by atoms with Crippen molar-refractivity contribution in [3.05, 3.63) is 18.1 Å². The van der Waals surface area contributed by atoms with Crippen molar-refractivity contribution in [1.29, 1.82) is 5.26 Å². The Hall–Kier alpha value is -1.96. The summed E-state index contributed by atoms with van der Waals surface area (Å²) in [5.41, 5.74) is 0.328. The molecule has 0 aromatic carbocycles. The number of piperidine rings is 1. The summed E-state index contributed by atoms with van der Waals surface area (Å²) in [4.78, 5) is 20.9. The van der Waals surface area contributed by atoms with Crippen LogP contribution in [-0.2, 0) is 4.79 Å². The zero-order chi connectivity index (χ0) is 11.4. The van der Waals surface area contributed by atoms with Crippen molar-refractivity contribution in [2.45, 2.75) is 12.8 Å². The minimum Gasteiger partial charge on any atom is -0.353 e. The highest BCUT2D eigenvalue weighted by Gasteiger charge is 2.22. The molecule has 2 rings (SSSR count). The van der Waals surface area contributed by atoms with E-state index in [2.05, 4.69) is 9.97 Å². The molecule has 0 aliphatic carbocycles. The summed E-state index contributed by atoms with van der Waals surface area (Å²) in [7, 11) is 0. The molecule has 1 saturated heterocycles. The van der Waals surface area contributed by atoms with Gasteiger partial charge in [0.1, 0.15) is 12.4 Å². The van der Waals surface area contributed by atoms with Crippen LogP contribution >= 0.6 is 0 Å².